The summed E-state index contributed by atoms with van der Waals surface area (Å²) in [5.74, 6) is 0.851. The van der Waals surface area contributed by atoms with Gasteiger partial charge in [-0.2, -0.15) is 0 Å². The second kappa shape index (κ2) is 9.74. The average Bonchev–Trinajstić information content (AvgIpc) is 2.59. The van der Waals surface area contributed by atoms with Gasteiger partial charge in [0.05, 0.1) is 6.54 Å². The summed E-state index contributed by atoms with van der Waals surface area (Å²) in [6.45, 7) is 10.8. The van der Waals surface area contributed by atoms with Crippen LogP contribution in [0.25, 0.3) is 0 Å². The predicted molar refractivity (Wildman–Crippen MR) is 104 cm³/mol. The minimum absolute atomic E-state index is 0.584. The van der Waals surface area contributed by atoms with Crippen molar-refractivity contribution >= 4 is 23.2 Å². The number of nitrogens with one attached hydrogen (secondary N) is 2. The molecule has 0 saturated carbocycles. The van der Waals surface area contributed by atoms with Crippen LogP contribution >= 0.6 is 11.6 Å². The third kappa shape index (κ3) is 5.28. The molecular formula is C18H30ClN5. The highest BCUT2D eigenvalue weighted by Gasteiger charge is 2.18. The standard InChI is InChI=1S/C18H30ClN5/c1-4-9-21-18(20-5-2)22-14-15-16(19)7-6-8-17(15)24-12-10-23(3)11-13-24/h6-8H,4-5,9-14H2,1-3H3,(H2,20,21,22). The summed E-state index contributed by atoms with van der Waals surface area (Å²) in [6, 6.07) is 6.15. The van der Waals surface area contributed by atoms with Crippen LogP contribution in [0.3, 0.4) is 0 Å². The van der Waals surface area contributed by atoms with Crippen LogP contribution in [-0.4, -0.2) is 57.2 Å². The maximum Gasteiger partial charge on any atom is 0.191 e. The largest absolute Gasteiger partial charge is 0.369 e. The van der Waals surface area contributed by atoms with Crippen molar-refractivity contribution in [1.29, 1.82) is 0 Å². The first-order valence-corrected chi connectivity index (χ1v) is 9.26. The van der Waals surface area contributed by atoms with E-state index in [0.29, 0.717) is 6.54 Å². The molecule has 1 aliphatic rings. The molecule has 0 unspecified atom stereocenters. The Balaban J connectivity index is 2.16. The molecule has 0 spiro atoms. The second-order valence-electron chi connectivity index (χ2n) is 6.15. The van der Waals surface area contributed by atoms with E-state index in [0.717, 1.165) is 62.2 Å². The third-order valence-electron chi connectivity index (χ3n) is 4.22. The van der Waals surface area contributed by atoms with Gasteiger partial charge in [0.15, 0.2) is 5.96 Å². The van der Waals surface area contributed by atoms with E-state index in [1.165, 1.54) is 5.69 Å². The molecule has 2 N–H and O–H groups in total. The number of nitrogens with zero attached hydrogens (tertiary/aromatic N) is 3. The minimum atomic E-state index is 0.584. The molecule has 1 heterocycles. The van der Waals surface area contributed by atoms with Gasteiger partial charge >= 0.3 is 0 Å². The number of aliphatic imine (C=N–C) groups is 1. The maximum absolute atomic E-state index is 6.50. The number of rotatable bonds is 6. The van der Waals surface area contributed by atoms with Crippen LogP contribution < -0.4 is 15.5 Å². The first-order chi connectivity index (χ1) is 11.7. The molecule has 1 fully saturated rings. The van der Waals surface area contributed by atoms with Crippen LogP contribution in [0.2, 0.25) is 5.02 Å². The van der Waals surface area contributed by atoms with E-state index >= 15 is 0 Å². The number of hydrogen-bond donors (Lipinski definition) is 2. The van der Waals surface area contributed by atoms with E-state index in [1.807, 2.05) is 12.1 Å². The molecule has 1 aromatic rings. The van der Waals surface area contributed by atoms with E-state index in [-0.39, 0.29) is 0 Å². The van der Waals surface area contributed by atoms with Crippen LogP contribution in [0.15, 0.2) is 23.2 Å². The van der Waals surface area contributed by atoms with Gasteiger partial charge < -0.3 is 20.4 Å². The van der Waals surface area contributed by atoms with Gasteiger partial charge in [0.2, 0.25) is 0 Å². The lowest BCUT2D eigenvalue weighted by Gasteiger charge is -2.35. The zero-order chi connectivity index (χ0) is 17.4. The lowest BCUT2D eigenvalue weighted by Crippen LogP contribution is -2.44. The predicted octanol–water partition coefficient (Wildman–Crippen LogP) is 2.56. The molecule has 0 atom stereocenters. The fourth-order valence-corrected chi connectivity index (χ4v) is 3.02. The van der Waals surface area contributed by atoms with Crippen molar-refractivity contribution in [3.63, 3.8) is 0 Å². The number of benzene rings is 1. The van der Waals surface area contributed by atoms with E-state index in [2.05, 4.69) is 47.4 Å². The average molecular weight is 352 g/mol. The SMILES string of the molecule is CCCNC(=NCc1c(Cl)cccc1N1CCN(C)CC1)NCC. The van der Waals surface area contributed by atoms with Gasteiger partial charge in [-0.1, -0.05) is 24.6 Å². The van der Waals surface area contributed by atoms with Crippen molar-refractivity contribution in [3.05, 3.63) is 28.8 Å². The summed E-state index contributed by atoms with van der Waals surface area (Å²) in [6.07, 6.45) is 1.07. The highest BCUT2D eigenvalue weighted by Crippen LogP contribution is 2.29. The normalized spacial score (nSPS) is 16.3. The molecule has 6 heteroatoms. The van der Waals surface area contributed by atoms with E-state index in [1.54, 1.807) is 0 Å². The van der Waals surface area contributed by atoms with Gasteiger partial charge in [-0.25, -0.2) is 4.99 Å². The summed E-state index contributed by atoms with van der Waals surface area (Å²) < 4.78 is 0. The van der Waals surface area contributed by atoms with E-state index < -0.39 is 0 Å². The molecule has 134 valence electrons. The Hall–Kier alpha value is -1.46. The summed E-state index contributed by atoms with van der Waals surface area (Å²) in [5, 5.41) is 7.42. The molecular weight excluding hydrogens is 322 g/mol. The Morgan fingerprint density at radius 1 is 1.17 bits per heavy atom. The highest BCUT2D eigenvalue weighted by atomic mass is 35.5. The molecule has 0 aromatic heterocycles. The molecule has 0 aliphatic carbocycles. The molecule has 1 aliphatic heterocycles. The molecule has 24 heavy (non-hydrogen) atoms. The molecule has 1 aromatic carbocycles. The van der Waals surface area contributed by atoms with Crippen molar-refractivity contribution in [1.82, 2.24) is 15.5 Å². The Bertz CT molecular complexity index is 538. The van der Waals surface area contributed by atoms with Crippen LogP contribution in [0.5, 0.6) is 0 Å². The number of hydrogen-bond acceptors (Lipinski definition) is 3. The first-order valence-electron chi connectivity index (χ1n) is 8.88. The van der Waals surface area contributed by atoms with Crippen LogP contribution in [-0.2, 0) is 6.54 Å². The number of guanidine groups is 1. The van der Waals surface area contributed by atoms with Gasteiger partial charge in [-0.05, 0) is 32.5 Å². The quantitative estimate of drug-likeness (QED) is 0.610. The fraction of sp³-hybridized carbons (Fsp3) is 0.611. The molecule has 5 nitrogen and oxygen atoms in total. The zero-order valence-electron chi connectivity index (χ0n) is 15.1. The Kier molecular flexibility index (Phi) is 7.66. The Morgan fingerprint density at radius 3 is 2.58 bits per heavy atom. The van der Waals surface area contributed by atoms with Crippen molar-refractivity contribution in [2.75, 3.05) is 51.2 Å². The van der Waals surface area contributed by atoms with Gasteiger partial charge in [-0.3, -0.25) is 0 Å². The van der Waals surface area contributed by atoms with Crippen LogP contribution in [0, 0.1) is 0 Å². The van der Waals surface area contributed by atoms with Crippen LogP contribution in [0.1, 0.15) is 25.8 Å². The smallest absolute Gasteiger partial charge is 0.191 e. The first kappa shape index (κ1) is 18.9. The number of anilines is 1. The summed E-state index contributed by atoms with van der Waals surface area (Å²) in [5.41, 5.74) is 2.32. The minimum Gasteiger partial charge on any atom is -0.369 e. The lowest BCUT2D eigenvalue weighted by molar-refractivity contribution is 0.312. The molecule has 0 amide bonds. The monoisotopic (exact) mass is 351 g/mol. The molecule has 1 saturated heterocycles. The van der Waals surface area contributed by atoms with Gasteiger partial charge in [-0.15, -0.1) is 0 Å². The topological polar surface area (TPSA) is 42.9 Å². The van der Waals surface area contributed by atoms with Gasteiger partial charge in [0.25, 0.3) is 0 Å². The second-order valence-corrected chi connectivity index (χ2v) is 6.56. The molecule has 0 bridgehead atoms. The van der Waals surface area contributed by atoms with Gasteiger partial charge in [0.1, 0.15) is 0 Å². The Labute approximate surface area is 151 Å². The molecule has 0 radical (unpaired) electrons. The summed E-state index contributed by atoms with van der Waals surface area (Å²) in [7, 11) is 2.17. The lowest BCUT2D eigenvalue weighted by atomic mass is 10.1. The van der Waals surface area contributed by atoms with Crippen molar-refractivity contribution in [3.8, 4) is 0 Å². The van der Waals surface area contributed by atoms with Crippen molar-refractivity contribution in [2.24, 2.45) is 4.99 Å². The number of piperazine rings is 1. The van der Waals surface area contributed by atoms with Gasteiger partial charge in [0, 0.05) is 55.5 Å². The maximum atomic E-state index is 6.50. The third-order valence-corrected chi connectivity index (χ3v) is 4.57. The Morgan fingerprint density at radius 2 is 1.92 bits per heavy atom. The van der Waals surface area contributed by atoms with Crippen molar-refractivity contribution < 1.29 is 0 Å². The zero-order valence-corrected chi connectivity index (χ0v) is 15.9. The summed E-state index contributed by atoms with van der Waals surface area (Å²) in [4.78, 5) is 9.50. The fourth-order valence-electron chi connectivity index (χ4n) is 2.79. The highest BCUT2D eigenvalue weighted by molar-refractivity contribution is 6.31. The van der Waals surface area contributed by atoms with Crippen molar-refractivity contribution in [2.45, 2.75) is 26.8 Å². The van der Waals surface area contributed by atoms with Crippen LogP contribution in [0.4, 0.5) is 5.69 Å². The number of likely N-dealkylation sites (N-methyl/N-ethyl adjacent to an activating group) is 1. The van der Waals surface area contributed by atoms with E-state index in [4.69, 9.17) is 16.6 Å². The molecule has 2 rings (SSSR count). The van der Waals surface area contributed by atoms with E-state index in [9.17, 15) is 0 Å². The number of halogens is 1. The summed E-state index contributed by atoms with van der Waals surface area (Å²) >= 11 is 6.50.